The lowest BCUT2D eigenvalue weighted by molar-refractivity contribution is 0.186. The van der Waals surface area contributed by atoms with Crippen molar-refractivity contribution >= 4 is 11.7 Å². The van der Waals surface area contributed by atoms with Crippen molar-refractivity contribution in [1.29, 1.82) is 0 Å². The molecule has 0 radical (unpaired) electrons. The van der Waals surface area contributed by atoms with Gasteiger partial charge in [-0.1, -0.05) is 12.1 Å². The normalized spacial score (nSPS) is 10.5. The van der Waals surface area contributed by atoms with Crippen LogP contribution in [-0.4, -0.2) is 35.2 Å². The van der Waals surface area contributed by atoms with Crippen LogP contribution >= 0.6 is 0 Å². The van der Waals surface area contributed by atoms with Crippen molar-refractivity contribution in [2.45, 2.75) is 33.2 Å². The number of aryl methyl sites for hydroxylation is 1. The largest absolute Gasteiger partial charge is 0.396 e. The molecule has 1 rings (SSSR count). The maximum absolute atomic E-state index is 12.1. The number of aliphatic hydroxyl groups excluding tert-OH is 1. The van der Waals surface area contributed by atoms with Gasteiger partial charge in [0.1, 0.15) is 0 Å². The molecule has 0 aromatic heterocycles. The summed E-state index contributed by atoms with van der Waals surface area (Å²) in [4.78, 5) is 13.8. The second-order valence-electron chi connectivity index (χ2n) is 4.66. The number of nitrogens with zero attached hydrogens (tertiary/aromatic N) is 1. The summed E-state index contributed by atoms with van der Waals surface area (Å²) in [7, 11) is 0. The predicted molar refractivity (Wildman–Crippen MR) is 73.7 cm³/mol. The molecule has 2 amide bonds. The van der Waals surface area contributed by atoms with E-state index >= 15 is 0 Å². The van der Waals surface area contributed by atoms with Crippen LogP contribution < -0.4 is 5.32 Å². The van der Waals surface area contributed by atoms with Crippen molar-refractivity contribution in [2.75, 3.05) is 18.5 Å². The maximum atomic E-state index is 12.1. The molecule has 100 valence electrons. The minimum absolute atomic E-state index is 0.0982. The Balaban J connectivity index is 2.66. The van der Waals surface area contributed by atoms with E-state index in [4.69, 9.17) is 5.11 Å². The average molecular weight is 250 g/mol. The molecule has 0 saturated heterocycles. The zero-order valence-electron chi connectivity index (χ0n) is 11.3. The summed E-state index contributed by atoms with van der Waals surface area (Å²) < 4.78 is 0. The van der Waals surface area contributed by atoms with E-state index in [0.29, 0.717) is 13.0 Å². The molecule has 0 saturated carbocycles. The smallest absolute Gasteiger partial charge is 0.322 e. The van der Waals surface area contributed by atoms with Crippen LogP contribution in [0.4, 0.5) is 10.5 Å². The number of urea groups is 1. The van der Waals surface area contributed by atoms with Gasteiger partial charge in [-0.3, -0.25) is 0 Å². The Morgan fingerprint density at radius 3 is 2.72 bits per heavy atom. The Labute approximate surface area is 109 Å². The molecule has 0 aliphatic carbocycles. The quantitative estimate of drug-likeness (QED) is 0.844. The molecule has 4 nitrogen and oxygen atoms in total. The van der Waals surface area contributed by atoms with Crippen LogP contribution in [0.2, 0.25) is 0 Å². The molecule has 0 aliphatic rings. The van der Waals surface area contributed by atoms with Crippen LogP contribution in [0.1, 0.15) is 25.8 Å². The van der Waals surface area contributed by atoms with Gasteiger partial charge in [-0.15, -0.1) is 0 Å². The van der Waals surface area contributed by atoms with E-state index in [1.165, 1.54) is 0 Å². The first kappa shape index (κ1) is 14.5. The average Bonchev–Trinajstić information content (AvgIpc) is 2.29. The zero-order valence-corrected chi connectivity index (χ0v) is 11.3. The van der Waals surface area contributed by atoms with Crippen molar-refractivity contribution < 1.29 is 9.90 Å². The van der Waals surface area contributed by atoms with Crippen LogP contribution in [0.25, 0.3) is 0 Å². The summed E-state index contributed by atoms with van der Waals surface area (Å²) in [5.41, 5.74) is 1.91. The lowest BCUT2D eigenvalue weighted by atomic mass is 10.2. The molecule has 0 spiro atoms. The number of hydrogen-bond acceptors (Lipinski definition) is 2. The molecule has 0 heterocycles. The number of carbonyl (C=O) groups is 1. The molecular formula is C14H22N2O2. The number of nitrogens with one attached hydrogen (secondary N) is 1. The second kappa shape index (κ2) is 7.01. The fourth-order valence-corrected chi connectivity index (χ4v) is 1.75. The van der Waals surface area contributed by atoms with E-state index in [0.717, 1.165) is 11.3 Å². The lowest BCUT2D eigenvalue weighted by Gasteiger charge is -2.26. The number of rotatable bonds is 5. The van der Waals surface area contributed by atoms with Crippen molar-refractivity contribution in [3.8, 4) is 0 Å². The van der Waals surface area contributed by atoms with Crippen LogP contribution in [-0.2, 0) is 0 Å². The topological polar surface area (TPSA) is 52.6 Å². The highest BCUT2D eigenvalue weighted by atomic mass is 16.3. The van der Waals surface area contributed by atoms with E-state index in [9.17, 15) is 4.79 Å². The molecule has 1 aromatic rings. The van der Waals surface area contributed by atoms with Gasteiger partial charge in [0.05, 0.1) is 0 Å². The SMILES string of the molecule is Cc1cccc(NC(=O)N(CCCO)C(C)C)c1. The Bertz CT molecular complexity index is 391. The summed E-state index contributed by atoms with van der Waals surface area (Å²) in [5, 5.41) is 11.7. The summed E-state index contributed by atoms with van der Waals surface area (Å²) in [6.07, 6.45) is 0.597. The first-order valence-corrected chi connectivity index (χ1v) is 6.29. The van der Waals surface area contributed by atoms with Crippen molar-refractivity contribution in [3.63, 3.8) is 0 Å². The van der Waals surface area contributed by atoms with Gasteiger partial charge in [0.15, 0.2) is 0 Å². The molecule has 0 fully saturated rings. The van der Waals surface area contributed by atoms with E-state index in [2.05, 4.69) is 5.32 Å². The predicted octanol–water partition coefficient (Wildman–Crippen LogP) is 2.62. The molecular weight excluding hydrogens is 228 g/mol. The first-order chi connectivity index (χ1) is 8.54. The third kappa shape index (κ3) is 4.37. The molecule has 0 atom stereocenters. The van der Waals surface area contributed by atoms with Gasteiger partial charge in [-0.05, 0) is 44.9 Å². The molecule has 0 bridgehead atoms. The van der Waals surface area contributed by atoms with Gasteiger partial charge in [0, 0.05) is 24.9 Å². The number of benzene rings is 1. The zero-order chi connectivity index (χ0) is 13.5. The van der Waals surface area contributed by atoms with Gasteiger partial charge >= 0.3 is 6.03 Å². The lowest BCUT2D eigenvalue weighted by Crippen LogP contribution is -2.40. The van der Waals surface area contributed by atoms with Crippen LogP contribution in [0.3, 0.4) is 0 Å². The molecule has 0 unspecified atom stereocenters. The van der Waals surface area contributed by atoms with E-state index in [1.54, 1.807) is 4.90 Å². The van der Waals surface area contributed by atoms with E-state index in [1.807, 2.05) is 45.0 Å². The van der Waals surface area contributed by atoms with Crippen LogP contribution in [0.5, 0.6) is 0 Å². The molecule has 18 heavy (non-hydrogen) atoms. The third-order valence-corrected chi connectivity index (χ3v) is 2.71. The summed E-state index contributed by atoms with van der Waals surface area (Å²) >= 11 is 0. The Morgan fingerprint density at radius 1 is 1.44 bits per heavy atom. The van der Waals surface area contributed by atoms with Gasteiger partial charge in [0.25, 0.3) is 0 Å². The highest BCUT2D eigenvalue weighted by molar-refractivity contribution is 5.89. The number of carbonyl (C=O) groups excluding carboxylic acids is 1. The minimum atomic E-state index is -0.121. The van der Waals surface area contributed by atoms with Crippen molar-refractivity contribution in [3.05, 3.63) is 29.8 Å². The van der Waals surface area contributed by atoms with Crippen molar-refractivity contribution in [1.82, 2.24) is 4.90 Å². The summed E-state index contributed by atoms with van der Waals surface area (Å²) in [5.74, 6) is 0. The van der Waals surface area contributed by atoms with E-state index < -0.39 is 0 Å². The highest BCUT2D eigenvalue weighted by Gasteiger charge is 2.16. The van der Waals surface area contributed by atoms with Gasteiger partial charge < -0.3 is 15.3 Å². The number of anilines is 1. The molecule has 0 aliphatic heterocycles. The van der Waals surface area contributed by atoms with Crippen molar-refractivity contribution in [2.24, 2.45) is 0 Å². The van der Waals surface area contributed by atoms with Gasteiger partial charge in [-0.2, -0.15) is 0 Å². The van der Waals surface area contributed by atoms with Gasteiger partial charge in [0.2, 0.25) is 0 Å². The third-order valence-electron chi connectivity index (χ3n) is 2.71. The summed E-state index contributed by atoms with van der Waals surface area (Å²) in [6, 6.07) is 7.70. The van der Waals surface area contributed by atoms with Crippen LogP contribution in [0.15, 0.2) is 24.3 Å². The molecule has 1 aromatic carbocycles. The van der Waals surface area contributed by atoms with Crippen LogP contribution in [0, 0.1) is 6.92 Å². The molecule has 4 heteroatoms. The number of hydrogen-bond donors (Lipinski definition) is 2. The Kier molecular flexibility index (Phi) is 5.65. The number of amides is 2. The standard InChI is InChI=1S/C14H22N2O2/c1-11(2)16(8-5-9-17)14(18)15-13-7-4-6-12(3)10-13/h4,6-7,10-11,17H,5,8-9H2,1-3H3,(H,15,18). The number of aliphatic hydroxyl groups is 1. The fourth-order valence-electron chi connectivity index (χ4n) is 1.75. The Hall–Kier alpha value is -1.55. The fraction of sp³-hybridized carbons (Fsp3) is 0.500. The first-order valence-electron chi connectivity index (χ1n) is 6.29. The molecule has 2 N–H and O–H groups in total. The van der Waals surface area contributed by atoms with Gasteiger partial charge in [-0.25, -0.2) is 4.79 Å². The second-order valence-corrected chi connectivity index (χ2v) is 4.66. The van der Waals surface area contributed by atoms with E-state index in [-0.39, 0.29) is 18.7 Å². The highest BCUT2D eigenvalue weighted by Crippen LogP contribution is 2.11. The monoisotopic (exact) mass is 250 g/mol. The minimum Gasteiger partial charge on any atom is -0.396 e. The maximum Gasteiger partial charge on any atom is 0.322 e. The Morgan fingerprint density at radius 2 is 2.17 bits per heavy atom. The summed E-state index contributed by atoms with van der Waals surface area (Å²) in [6.45, 7) is 6.58.